The van der Waals surface area contributed by atoms with Crippen LogP contribution in [0.2, 0.25) is 0 Å². The predicted octanol–water partition coefficient (Wildman–Crippen LogP) is 2.18. The van der Waals surface area contributed by atoms with Gasteiger partial charge in [0.1, 0.15) is 12.7 Å². The SMILES string of the molecule is O=C(O)[C@@H]1[C@H](C(=O)Nc2ccc(Cn3cncn3)cc2)[C@@H]2C=C[C@H]1CC2. The number of hydrogen-bond donors (Lipinski definition) is 2. The Balaban J connectivity index is 1.45. The zero-order valence-corrected chi connectivity index (χ0v) is 14.2. The van der Waals surface area contributed by atoms with Crippen molar-refractivity contribution in [3.63, 3.8) is 0 Å². The van der Waals surface area contributed by atoms with Gasteiger partial charge < -0.3 is 10.4 Å². The molecule has 7 heteroatoms. The lowest BCUT2D eigenvalue weighted by molar-refractivity contribution is -0.151. The summed E-state index contributed by atoms with van der Waals surface area (Å²) in [6.45, 7) is 0.604. The molecular weight excluding hydrogens is 332 g/mol. The van der Waals surface area contributed by atoms with Crippen LogP contribution in [-0.2, 0) is 16.1 Å². The average molecular weight is 352 g/mol. The fraction of sp³-hybridized carbons (Fsp3) is 0.368. The van der Waals surface area contributed by atoms with E-state index in [-0.39, 0.29) is 17.7 Å². The van der Waals surface area contributed by atoms with Gasteiger partial charge in [-0.1, -0.05) is 24.3 Å². The highest BCUT2D eigenvalue weighted by molar-refractivity contribution is 5.96. The Morgan fingerprint density at radius 3 is 2.38 bits per heavy atom. The van der Waals surface area contributed by atoms with Gasteiger partial charge in [-0.15, -0.1) is 0 Å². The third kappa shape index (κ3) is 3.12. The van der Waals surface area contributed by atoms with Crippen LogP contribution in [-0.4, -0.2) is 31.7 Å². The van der Waals surface area contributed by atoms with E-state index in [9.17, 15) is 14.7 Å². The van der Waals surface area contributed by atoms with Crippen molar-refractivity contribution in [2.75, 3.05) is 5.32 Å². The number of fused-ring (bicyclic) bond motifs is 2. The van der Waals surface area contributed by atoms with Gasteiger partial charge in [-0.2, -0.15) is 5.10 Å². The van der Waals surface area contributed by atoms with Gasteiger partial charge in [-0.3, -0.25) is 9.59 Å². The van der Waals surface area contributed by atoms with Crippen molar-refractivity contribution in [3.8, 4) is 0 Å². The maximum atomic E-state index is 12.8. The molecular formula is C19H20N4O3. The highest BCUT2D eigenvalue weighted by Gasteiger charge is 2.48. The van der Waals surface area contributed by atoms with Gasteiger partial charge in [0.2, 0.25) is 5.91 Å². The normalized spacial score (nSPS) is 26.6. The number of aliphatic carboxylic acids is 1. The second kappa shape index (κ2) is 6.74. The molecule has 5 rings (SSSR count). The van der Waals surface area contributed by atoms with Crippen molar-refractivity contribution in [3.05, 3.63) is 54.6 Å². The van der Waals surface area contributed by atoms with Crippen LogP contribution in [0.1, 0.15) is 18.4 Å². The van der Waals surface area contributed by atoms with Crippen molar-refractivity contribution in [1.82, 2.24) is 14.8 Å². The highest BCUT2D eigenvalue weighted by atomic mass is 16.4. The van der Waals surface area contributed by atoms with Crippen LogP contribution in [0.5, 0.6) is 0 Å². The minimum atomic E-state index is -0.882. The van der Waals surface area contributed by atoms with Crippen molar-refractivity contribution >= 4 is 17.6 Å². The Kier molecular flexibility index (Phi) is 4.28. The monoisotopic (exact) mass is 352 g/mol. The number of benzene rings is 1. The second-order valence-corrected chi connectivity index (χ2v) is 6.96. The number of carbonyl (C=O) groups excluding carboxylic acids is 1. The number of carboxylic acids is 1. The maximum Gasteiger partial charge on any atom is 0.307 e. The summed E-state index contributed by atoms with van der Waals surface area (Å²) >= 11 is 0. The molecule has 1 amide bonds. The smallest absolute Gasteiger partial charge is 0.307 e. The second-order valence-electron chi connectivity index (χ2n) is 6.96. The molecule has 0 unspecified atom stereocenters. The Hall–Kier alpha value is -2.96. The maximum absolute atomic E-state index is 12.8. The molecule has 0 aliphatic heterocycles. The first-order valence-corrected chi connectivity index (χ1v) is 8.75. The summed E-state index contributed by atoms with van der Waals surface area (Å²) in [6.07, 6.45) is 8.83. The largest absolute Gasteiger partial charge is 0.481 e. The van der Waals surface area contributed by atoms with E-state index in [1.165, 1.54) is 6.33 Å². The van der Waals surface area contributed by atoms with Crippen molar-refractivity contribution in [2.45, 2.75) is 19.4 Å². The number of carboxylic acid groups (broad SMARTS) is 1. The van der Waals surface area contributed by atoms with E-state index in [0.717, 1.165) is 18.4 Å². The van der Waals surface area contributed by atoms with Gasteiger partial charge in [0, 0.05) is 5.69 Å². The molecule has 1 heterocycles. The van der Waals surface area contributed by atoms with Crippen LogP contribution in [0.3, 0.4) is 0 Å². The number of nitrogens with one attached hydrogen (secondary N) is 1. The lowest BCUT2D eigenvalue weighted by Crippen LogP contribution is -2.47. The van der Waals surface area contributed by atoms with Crippen LogP contribution in [0.15, 0.2) is 49.1 Å². The molecule has 3 aliphatic carbocycles. The third-order valence-electron chi connectivity index (χ3n) is 5.37. The molecule has 2 N–H and O–H groups in total. The molecule has 2 bridgehead atoms. The molecule has 26 heavy (non-hydrogen) atoms. The Morgan fingerprint density at radius 2 is 1.81 bits per heavy atom. The number of hydrogen-bond acceptors (Lipinski definition) is 4. The van der Waals surface area contributed by atoms with Crippen molar-refractivity contribution in [2.24, 2.45) is 23.7 Å². The summed E-state index contributed by atoms with van der Waals surface area (Å²) in [5.74, 6) is -2.27. The van der Waals surface area contributed by atoms with Crippen LogP contribution < -0.4 is 5.32 Å². The van der Waals surface area contributed by atoms with Crippen LogP contribution in [0, 0.1) is 23.7 Å². The Bertz CT molecular complexity index is 829. The van der Waals surface area contributed by atoms with Gasteiger partial charge >= 0.3 is 5.97 Å². The molecule has 1 saturated carbocycles. The summed E-state index contributed by atoms with van der Waals surface area (Å²) in [4.78, 5) is 28.4. The van der Waals surface area contributed by atoms with Crippen molar-refractivity contribution in [1.29, 1.82) is 0 Å². The van der Waals surface area contributed by atoms with Crippen LogP contribution >= 0.6 is 0 Å². The Morgan fingerprint density at radius 1 is 1.12 bits per heavy atom. The summed E-state index contributed by atoms with van der Waals surface area (Å²) in [5.41, 5.74) is 1.71. The van der Waals surface area contributed by atoms with E-state index in [1.807, 2.05) is 36.4 Å². The van der Waals surface area contributed by atoms with E-state index in [0.29, 0.717) is 12.2 Å². The summed E-state index contributed by atoms with van der Waals surface area (Å²) in [6, 6.07) is 7.49. The molecule has 1 fully saturated rings. The van der Waals surface area contributed by atoms with E-state index in [1.54, 1.807) is 11.0 Å². The lowest BCUT2D eigenvalue weighted by atomic mass is 9.62. The van der Waals surface area contributed by atoms with Gasteiger partial charge in [-0.25, -0.2) is 9.67 Å². The number of amides is 1. The fourth-order valence-corrected chi connectivity index (χ4v) is 4.11. The summed E-state index contributed by atoms with van der Waals surface area (Å²) < 4.78 is 1.72. The number of anilines is 1. The molecule has 7 nitrogen and oxygen atoms in total. The average Bonchev–Trinajstić information content (AvgIpc) is 3.16. The Labute approximate surface area is 150 Å². The minimum absolute atomic E-state index is 0.00712. The number of allylic oxidation sites excluding steroid dienone is 2. The first-order valence-electron chi connectivity index (χ1n) is 8.75. The zero-order valence-electron chi connectivity index (χ0n) is 14.2. The van der Waals surface area contributed by atoms with E-state index >= 15 is 0 Å². The topological polar surface area (TPSA) is 97.1 Å². The summed E-state index contributed by atoms with van der Waals surface area (Å²) in [5, 5.41) is 16.5. The number of carbonyl (C=O) groups is 2. The fourth-order valence-electron chi connectivity index (χ4n) is 4.11. The van der Waals surface area contributed by atoms with Gasteiger partial charge in [0.05, 0.1) is 18.4 Å². The standard InChI is InChI=1S/C19H20N4O3/c24-18(16-13-3-5-14(6-4-13)17(16)19(25)26)22-15-7-1-12(2-8-15)9-23-11-20-10-21-23/h1-3,5,7-8,10-11,13-14,16-17H,4,6,9H2,(H,22,24)(H,25,26)/t13-,14+,16-,17+/m1/s1. The van der Waals surface area contributed by atoms with Gasteiger partial charge in [-0.05, 0) is 42.4 Å². The van der Waals surface area contributed by atoms with Gasteiger partial charge in [0.15, 0.2) is 0 Å². The molecule has 4 atom stereocenters. The number of nitrogens with zero attached hydrogens (tertiary/aromatic N) is 3. The third-order valence-corrected chi connectivity index (χ3v) is 5.37. The molecule has 0 spiro atoms. The lowest BCUT2D eigenvalue weighted by Gasteiger charge is -2.41. The molecule has 0 saturated heterocycles. The molecule has 1 aromatic heterocycles. The molecule has 0 radical (unpaired) electrons. The highest BCUT2D eigenvalue weighted by Crippen LogP contribution is 2.45. The van der Waals surface area contributed by atoms with Crippen LogP contribution in [0.25, 0.3) is 0 Å². The van der Waals surface area contributed by atoms with E-state index in [2.05, 4.69) is 15.4 Å². The minimum Gasteiger partial charge on any atom is -0.481 e. The van der Waals surface area contributed by atoms with Crippen molar-refractivity contribution < 1.29 is 14.7 Å². The predicted molar refractivity (Wildman–Crippen MR) is 94.2 cm³/mol. The quantitative estimate of drug-likeness (QED) is 0.804. The molecule has 134 valence electrons. The first kappa shape index (κ1) is 16.5. The molecule has 3 aliphatic rings. The molecule has 1 aromatic carbocycles. The zero-order chi connectivity index (χ0) is 18.1. The summed E-state index contributed by atoms with van der Waals surface area (Å²) in [7, 11) is 0. The van der Waals surface area contributed by atoms with E-state index in [4.69, 9.17) is 0 Å². The van der Waals surface area contributed by atoms with E-state index < -0.39 is 17.8 Å². The first-order chi connectivity index (χ1) is 12.6. The van der Waals surface area contributed by atoms with Crippen LogP contribution in [0.4, 0.5) is 5.69 Å². The van der Waals surface area contributed by atoms with Gasteiger partial charge in [0.25, 0.3) is 0 Å². The number of aromatic nitrogens is 3. The number of rotatable bonds is 5. The molecule has 2 aromatic rings.